The maximum absolute atomic E-state index is 10.4. The highest BCUT2D eigenvalue weighted by Gasteiger charge is 2.22. The Balaban J connectivity index is 2.21. The summed E-state index contributed by atoms with van der Waals surface area (Å²) in [6.07, 6.45) is 0.637. The molecule has 0 radical (unpaired) electrons. The maximum atomic E-state index is 10.4. The number of benzene rings is 2. The molecular weight excluding hydrogens is 198 g/mol. The van der Waals surface area contributed by atoms with Gasteiger partial charge in [-0.3, -0.25) is 0 Å². The second-order valence-electron chi connectivity index (χ2n) is 4.30. The van der Waals surface area contributed by atoms with Crippen LogP contribution in [0.15, 0.2) is 60.7 Å². The van der Waals surface area contributed by atoms with Crippen molar-refractivity contribution in [1.29, 1.82) is 0 Å². The van der Waals surface area contributed by atoms with Gasteiger partial charge in [-0.2, -0.15) is 0 Å². The van der Waals surface area contributed by atoms with E-state index in [0.717, 1.165) is 11.1 Å². The lowest BCUT2D eigenvalue weighted by Crippen LogP contribution is -2.24. The SMILES string of the molecule is C[14C](O)(Cc1ccccc1)c1ccccc1. The second kappa shape index (κ2) is 4.50. The highest BCUT2D eigenvalue weighted by atomic mass is 16.5. The third kappa shape index (κ3) is 2.50. The van der Waals surface area contributed by atoms with Crippen molar-refractivity contribution >= 4 is 0 Å². The summed E-state index contributed by atoms with van der Waals surface area (Å²) in [5, 5.41) is 10.4. The van der Waals surface area contributed by atoms with E-state index in [1.54, 1.807) is 0 Å². The van der Waals surface area contributed by atoms with Crippen molar-refractivity contribution < 1.29 is 5.11 Å². The van der Waals surface area contributed by atoms with E-state index in [9.17, 15) is 5.11 Å². The Hall–Kier alpha value is -1.60. The molecule has 0 spiro atoms. The van der Waals surface area contributed by atoms with Crippen LogP contribution in [0.5, 0.6) is 0 Å². The van der Waals surface area contributed by atoms with Crippen LogP contribution in [-0.2, 0) is 12.0 Å². The molecule has 0 saturated heterocycles. The molecule has 0 aliphatic heterocycles. The lowest BCUT2D eigenvalue weighted by atomic mass is 10.2. The molecule has 0 fully saturated rings. The van der Waals surface area contributed by atoms with E-state index in [1.807, 2.05) is 67.6 Å². The molecule has 0 bridgehead atoms. The Morgan fingerprint density at radius 3 is 1.94 bits per heavy atom. The largest absolute Gasteiger partial charge is 0.385 e. The lowest BCUT2D eigenvalue weighted by molar-refractivity contribution is 0.0576. The minimum absolute atomic E-state index is 0.637. The van der Waals surface area contributed by atoms with Crippen LogP contribution in [0.1, 0.15) is 18.1 Å². The number of hydrogen-bond acceptors (Lipinski definition) is 1. The zero-order valence-corrected chi connectivity index (χ0v) is 9.43. The van der Waals surface area contributed by atoms with Crippen molar-refractivity contribution in [1.82, 2.24) is 0 Å². The Morgan fingerprint density at radius 2 is 1.38 bits per heavy atom. The minimum Gasteiger partial charge on any atom is -0.385 e. The molecule has 82 valence electrons. The summed E-state index contributed by atoms with van der Waals surface area (Å²) in [5.74, 6) is 0. The van der Waals surface area contributed by atoms with Gasteiger partial charge in [-0.05, 0) is 18.1 Å². The molecule has 0 aliphatic carbocycles. The topological polar surface area (TPSA) is 20.2 Å². The van der Waals surface area contributed by atoms with Gasteiger partial charge in [-0.1, -0.05) is 60.7 Å². The standard InChI is InChI=1S/C15H16O/c1-15(16,14-10-6-3-7-11-14)12-13-8-4-2-5-9-13/h2-11,16H,12H2,1H3/i15+2. The molecule has 1 heteroatoms. The fraction of sp³-hybridized carbons (Fsp3) is 0.200. The summed E-state index contributed by atoms with van der Waals surface area (Å²) >= 11 is 0. The van der Waals surface area contributed by atoms with Crippen LogP contribution < -0.4 is 0 Å². The van der Waals surface area contributed by atoms with E-state index < -0.39 is 5.60 Å². The van der Waals surface area contributed by atoms with Crippen molar-refractivity contribution in [2.24, 2.45) is 0 Å². The third-order valence-corrected chi connectivity index (χ3v) is 2.79. The third-order valence-electron chi connectivity index (χ3n) is 2.79. The molecule has 0 amide bonds. The molecule has 0 heterocycles. The molecule has 1 unspecified atom stereocenters. The molecule has 0 saturated carbocycles. The van der Waals surface area contributed by atoms with E-state index in [0.29, 0.717) is 6.42 Å². The molecular formula is C15H16O. The van der Waals surface area contributed by atoms with Crippen LogP contribution in [0.3, 0.4) is 0 Å². The van der Waals surface area contributed by atoms with Crippen LogP contribution in [0.2, 0.25) is 0 Å². The number of aliphatic hydroxyl groups is 1. The van der Waals surface area contributed by atoms with Gasteiger partial charge >= 0.3 is 0 Å². The zero-order chi connectivity index (χ0) is 11.4. The molecule has 2 aromatic carbocycles. The normalized spacial score (nSPS) is 14.4. The average Bonchev–Trinajstić information content (AvgIpc) is 2.31. The zero-order valence-electron chi connectivity index (χ0n) is 9.43. The van der Waals surface area contributed by atoms with E-state index in [1.165, 1.54) is 0 Å². The van der Waals surface area contributed by atoms with Crippen LogP contribution in [-0.4, -0.2) is 5.11 Å². The van der Waals surface area contributed by atoms with Crippen LogP contribution in [0, 0.1) is 0 Å². The van der Waals surface area contributed by atoms with Gasteiger partial charge in [0.1, 0.15) is 0 Å². The molecule has 0 aromatic heterocycles. The predicted molar refractivity (Wildman–Crippen MR) is 66.2 cm³/mol. The highest BCUT2D eigenvalue weighted by molar-refractivity contribution is 5.25. The molecule has 0 aliphatic rings. The van der Waals surface area contributed by atoms with Crippen LogP contribution >= 0.6 is 0 Å². The predicted octanol–water partition coefficient (Wildman–Crippen LogP) is 3.14. The van der Waals surface area contributed by atoms with Gasteiger partial charge in [0.25, 0.3) is 0 Å². The first-order valence-electron chi connectivity index (χ1n) is 5.50. The minimum atomic E-state index is -0.803. The number of rotatable bonds is 3. The van der Waals surface area contributed by atoms with Gasteiger partial charge < -0.3 is 5.11 Å². The van der Waals surface area contributed by atoms with E-state index in [4.69, 9.17) is 0 Å². The lowest BCUT2D eigenvalue weighted by Gasteiger charge is -2.23. The van der Waals surface area contributed by atoms with Gasteiger partial charge in [0.05, 0.1) is 5.60 Å². The van der Waals surface area contributed by atoms with Crippen molar-refractivity contribution in [2.45, 2.75) is 18.9 Å². The molecule has 16 heavy (non-hydrogen) atoms. The summed E-state index contributed by atoms with van der Waals surface area (Å²) in [6, 6.07) is 19.8. The first kappa shape index (κ1) is 10.9. The smallest absolute Gasteiger partial charge is 0.0908 e. The van der Waals surface area contributed by atoms with Gasteiger partial charge in [0.2, 0.25) is 0 Å². The molecule has 2 rings (SSSR count). The molecule has 1 atom stereocenters. The summed E-state index contributed by atoms with van der Waals surface area (Å²) in [6.45, 7) is 1.86. The van der Waals surface area contributed by atoms with Crippen molar-refractivity contribution in [2.75, 3.05) is 0 Å². The Morgan fingerprint density at radius 1 is 0.875 bits per heavy atom. The summed E-state index contributed by atoms with van der Waals surface area (Å²) in [7, 11) is 0. The molecule has 1 nitrogen and oxygen atoms in total. The van der Waals surface area contributed by atoms with Crippen LogP contribution in [0.25, 0.3) is 0 Å². The maximum Gasteiger partial charge on any atom is 0.0908 e. The van der Waals surface area contributed by atoms with Gasteiger partial charge in [-0.25, -0.2) is 0 Å². The number of hydrogen-bond donors (Lipinski definition) is 1. The van der Waals surface area contributed by atoms with Crippen molar-refractivity contribution in [3.63, 3.8) is 0 Å². The summed E-state index contributed by atoms with van der Waals surface area (Å²) < 4.78 is 0. The van der Waals surface area contributed by atoms with E-state index >= 15 is 0 Å². The summed E-state index contributed by atoms with van der Waals surface area (Å²) in [5.41, 5.74) is 1.30. The molecule has 1 N–H and O–H groups in total. The van der Waals surface area contributed by atoms with Gasteiger partial charge in [-0.15, -0.1) is 0 Å². The van der Waals surface area contributed by atoms with Gasteiger partial charge in [0.15, 0.2) is 0 Å². The van der Waals surface area contributed by atoms with Crippen molar-refractivity contribution in [3.05, 3.63) is 71.8 Å². The quantitative estimate of drug-likeness (QED) is 0.832. The summed E-state index contributed by atoms with van der Waals surface area (Å²) in [4.78, 5) is 0. The van der Waals surface area contributed by atoms with Crippen molar-refractivity contribution in [3.8, 4) is 0 Å². The Bertz CT molecular complexity index is 432. The van der Waals surface area contributed by atoms with E-state index in [-0.39, 0.29) is 0 Å². The van der Waals surface area contributed by atoms with E-state index in [2.05, 4.69) is 0 Å². The fourth-order valence-electron chi connectivity index (χ4n) is 1.89. The average molecular weight is 214 g/mol. The first-order chi connectivity index (χ1) is 7.68. The first-order valence-corrected chi connectivity index (χ1v) is 5.50. The monoisotopic (exact) mass is 214 g/mol. The van der Waals surface area contributed by atoms with Gasteiger partial charge in [0, 0.05) is 6.42 Å². The fourth-order valence-corrected chi connectivity index (χ4v) is 1.89. The Kier molecular flexibility index (Phi) is 3.07. The Labute approximate surface area is 96.4 Å². The van der Waals surface area contributed by atoms with Crippen LogP contribution in [0.4, 0.5) is 0 Å². The molecule has 2 aromatic rings. The second-order valence-corrected chi connectivity index (χ2v) is 4.30. The highest BCUT2D eigenvalue weighted by Crippen LogP contribution is 2.24.